The summed E-state index contributed by atoms with van der Waals surface area (Å²) in [6, 6.07) is 60.5. The Morgan fingerprint density at radius 3 is 1.03 bits per heavy atom. The lowest BCUT2D eigenvalue weighted by Gasteiger charge is -2.37. The fourth-order valence-corrected chi connectivity index (χ4v) is 5.41. The monoisotopic (exact) mass is 487 g/mol. The highest BCUT2D eigenvalue weighted by Crippen LogP contribution is 2.45. The van der Waals surface area contributed by atoms with E-state index in [1.165, 1.54) is 33.4 Å². The molecule has 0 heterocycles. The summed E-state index contributed by atoms with van der Waals surface area (Å²) >= 11 is 0. The predicted molar refractivity (Wildman–Crippen MR) is 160 cm³/mol. The van der Waals surface area contributed by atoms with E-state index in [9.17, 15) is 0 Å². The van der Waals surface area contributed by atoms with Crippen LogP contribution >= 0.6 is 0 Å². The molecule has 0 unspecified atom stereocenters. The van der Waals surface area contributed by atoms with Crippen molar-refractivity contribution in [1.29, 1.82) is 0 Å². The number of hydrogen-bond donors (Lipinski definition) is 1. The highest BCUT2D eigenvalue weighted by Gasteiger charge is 2.38. The third-order valence-electron chi connectivity index (χ3n) is 7.22. The van der Waals surface area contributed by atoms with Gasteiger partial charge in [-0.1, -0.05) is 146 Å². The molecule has 0 saturated carbocycles. The van der Waals surface area contributed by atoms with Crippen molar-refractivity contribution in [2.45, 2.75) is 5.41 Å². The lowest BCUT2D eigenvalue weighted by atomic mass is 9.65. The molecule has 0 aliphatic carbocycles. The fraction of sp³-hybridized carbons (Fsp3) is 0.0270. The lowest BCUT2D eigenvalue weighted by molar-refractivity contribution is 0.745. The summed E-state index contributed by atoms with van der Waals surface area (Å²) in [4.78, 5) is 0. The van der Waals surface area contributed by atoms with Crippen LogP contribution in [-0.4, -0.2) is 0 Å². The molecule has 6 rings (SSSR count). The van der Waals surface area contributed by atoms with Crippen LogP contribution in [0.4, 0.5) is 11.4 Å². The minimum atomic E-state index is -0.425. The summed E-state index contributed by atoms with van der Waals surface area (Å²) in [5, 5.41) is 3.47. The van der Waals surface area contributed by atoms with Crippen molar-refractivity contribution in [2.24, 2.45) is 0 Å². The van der Waals surface area contributed by atoms with Gasteiger partial charge in [0, 0.05) is 11.4 Å². The minimum Gasteiger partial charge on any atom is -0.356 e. The van der Waals surface area contributed by atoms with Gasteiger partial charge in [-0.15, -0.1) is 0 Å². The van der Waals surface area contributed by atoms with Crippen molar-refractivity contribution in [3.63, 3.8) is 0 Å². The summed E-state index contributed by atoms with van der Waals surface area (Å²) in [5.74, 6) is 0. The fourth-order valence-electron chi connectivity index (χ4n) is 5.41. The molecule has 0 atom stereocenters. The molecule has 0 aliphatic rings. The molecule has 0 spiro atoms. The van der Waals surface area contributed by atoms with Crippen molar-refractivity contribution in [2.75, 3.05) is 5.32 Å². The van der Waals surface area contributed by atoms with Gasteiger partial charge in [0.05, 0.1) is 5.41 Å². The SMILES string of the molecule is c1ccc(Nc2ccc(-c3ccc(C(c4ccccc4)(c4ccccc4)c4ccccc4)cc3)cc2)cc1. The molecule has 6 aromatic carbocycles. The zero-order valence-electron chi connectivity index (χ0n) is 21.2. The molecule has 1 nitrogen and oxygen atoms in total. The summed E-state index contributed by atoms with van der Waals surface area (Å²) in [6.07, 6.45) is 0. The summed E-state index contributed by atoms with van der Waals surface area (Å²) in [7, 11) is 0. The van der Waals surface area contributed by atoms with E-state index in [0.29, 0.717) is 0 Å². The van der Waals surface area contributed by atoms with Crippen LogP contribution < -0.4 is 5.32 Å². The molecule has 0 aromatic heterocycles. The first kappa shape index (κ1) is 23.5. The van der Waals surface area contributed by atoms with Crippen molar-refractivity contribution < 1.29 is 0 Å². The Labute approximate surface area is 225 Å². The number of para-hydroxylation sites is 1. The maximum Gasteiger partial charge on any atom is 0.0701 e. The quantitative estimate of drug-likeness (QED) is 0.221. The molecule has 1 N–H and O–H groups in total. The van der Waals surface area contributed by atoms with Crippen LogP contribution in [0.2, 0.25) is 0 Å². The first-order chi connectivity index (χ1) is 18.8. The van der Waals surface area contributed by atoms with Crippen molar-refractivity contribution >= 4 is 11.4 Å². The Kier molecular flexibility index (Phi) is 6.57. The van der Waals surface area contributed by atoms with Gasteiger partial charge in [-0.2, -0.15) is 0 Å². The van der Waals surface area contributed by atoms with Gasteiger partial charge in [0.1, 0.15) is 0 Å². The summed E-state index contributed by atoms with van der Waals surface area (Å²) in [5.41, 5.74) is 9.13. The highest BCUT2D eigenvalue weighted by atomic mass is 14.9. The van der Waals surface area contributed by atoms with Crippen LogP contribution in [0.5, 0.6) is 0 Å². The maximum absolute atomic E-state index is 3.47. The Morgan fingerprint density at radius 2 is 0.605 bits per heavy atom. The van der Waals surface area contributed by atoms with Gasteiger partial charge in [0.15, 0.2) is 0 Å². The van der Waals surface area contributed by atoms with E-state index < -0.39 is 5.41 Å². The largest absolute Gasteiger partial charge is 0.356 e. The van der Waals surface area contributed by atoms with Crippen LogP contribution in [0.3, 0.4) is 0 Å². The van der Waals surface area contributed by atoms with Gasteiger partial charge in [-0.25, -0.2) is 0 Å². The molecule has 6 aromatic rings. The molecular formula is C37H29N. The molecule has 1 heteroatoms. The van der Waals surface area contributed by atoms with Gasteiger partial charge in [0.2, 0.25) is 0 Å². The van der Waals surface area contributed by atoms with Crippen molar-refractivity contribution in [3.8, 4) is 11.1 Å². The molecule has 0 aliphatic heterocycles. The molecular weight excluding hydrogens is 458 g/mol. The smallest absolute Gasteiger partial charge is 0.0701 e. The van der Waals surface area contributed by atoms with E-state index in [1.807, 2.05) is 18.2 Å². The topological polar surface area (TPSA) is 12.0 Å². The molecule has 0 radical (unpaired) electrons. The average molecular weight is 488 g/mol. The van der Waals surface area contributed by atoms with Crippen molar-refractivity contribution in [3.05, 3.63) is 192 Å². The van der Waals surface area contributed by atoms with Gasteiger partial charge in [-0.05, 0) is 57.6 Å². The molecule has 0 saturated heterocycles. The van der Waals surface area contributed by atoms with Crippen LogP contribution in [-0.2, 0) is 5.41 Å². The van der Waals surface area contributed by atoms with Crippen LogP contribution in [0.25, 0.3) is 11.1 Å². The Morgan fingerprint density at radius 1 is 0.289 bits per heavy atom. The third kappa shape index (κ3) is 4.51. The van der Waals surface area contributed by atoms with E-state index in [-0.39, 0.29) is 0 Å². The van der Waals surface area contributed by atoms with E-state index in [4.69, 9.17) is 0 Å². The van der Waals surface area contributed by atoms with E-state index in [2.05, 4.69) is 157 Å². The van der Waals surface area contributed by atoms with E-state index in [0.717, 1.165) is 11.4 Å². The Hall–Kier alpha value is -4.88. The standard InChI is InChI=1S/C37H29N/c1-5-13-31(14-6-1)37(32-15-7-2-8-16-32,33-17-9-3-10-18-33)34-25-21-29(22-26-34)30-23-27-36(28-24-30)38-35-19-11-4-12-20-35/h1-28,38H. The van der Waals surface area contributed by atoms with E-state index >= 15 is 0 Å². The van der Waals surface area contributed by atoms with Crippen LogP contribution in [0, 0.1) is 0 Å². The zero-order chi connectivity index (χ0) is 25.6. The second-order valence-corrected chi connectivity index (χ2v) is 9.49. The number of anilines is 2. The third-order valence-corrected chi connectivity index (χ3v) is 7.22. The average Bonchev–Trinajstić information content (AvgIpc) is 3.01. The highest BCUT2D eigenvalue weighted by molar-refractivity contribution is 5.70. The molecule has 0 fully saturated rings. The first-order valence-corrected chi connectivity index (χ1v) is 13.0. The van der Waals surface area contributed by atoms with Gasteiger partial charge in [0.25, 0.3) is 0 Å². The second kappa shape index (κ2) is 10.6. The van der Waals surface area contributed by atoms with Gasteiger partial charge >= 0.3 is 0 Å². The van der Waals surface area contributed by atoms with Gasteiger partial charge < -0.3 is 5.32 Å². The second-order valence-electron chi connectivity index (χ2n) is 9.49. The number of rotatable bonds is 7. The molecule has 38 heavy (non-hydrogen) atoms. The lowest BCUT2D eigenvalue weighted by Crippen LogP contribution is -2.30. The summed E-state index contributed by atoms with van der Waals surface area (Å²) < 4.78 is 0. The van der Waals surface area contributed by atoms with Crippen molar-refractivity contribution in [1.82, 2.24) is 0 Å². The number of nitrogens with one attached hydrogen (secondary N) is 1. The Bertz CT molecular complexity index is 1480. The predicted octanol–water partition coefficient (Wildman–Crippen LogP) is 9.48. The Balaban J connectivity index is 1.42. The zero-order valence-corrected chi connectivity index (χ0v) is 21.2. The molecule has 0 bridgehead atoms. The van der Waals surface area contributed by atoms with Gasteiger partial charge in [-0.3, -0.25) is 0 Å². The minimum absolute atomic E-state index is 0.425. The normalized spacial score (nSPS) is 11.2. The first-order valence-electron chi connectivity index (χ1n) is 13.0. The number of benzene rings is 6. The molecule has 182 valence electrons. The summed E-state index contributed by atoms with van der Waals surface area (Å²) in [6.45, 7) is 0. The molecule has 0 amide bonds. The van der Waals surface area contributed by atoms with E-state index in [1.54, 1.807) is 0 Å². The number of hydrogen-bond acceptors (Lipinski definition) is 1. The van der Waals surface area contributed by atoms with Crippen LogP contribution in [0.15, 0.2) is 170 Å². The maximum atomic E-state index is 3.47. The van der Waals surface area contributed by atoms with Crippen LogP contribution in [0.1, 0.15) is 22.3 Å².